The number of halogens is 2. The smallest absolute Gasteiger partial charge is 0.133 e. The molecule has 120 valence electrons. The number of ether oxygens (including phenoxy) is 2. The third kappa shape index (κ3) is 4.81. The van der Waals surface area contributed by atoms with Crippen LogP contribution in [0.15, 0.2) is 50.7 Å². The number of rotatable bonds is 6. The van der Waals surface area contributed by atoms with Crippen molar-refractivity contribution in [2.24, 2.45) is 5.73 Å². The van der Waals surface area contributed by atoms with E-state index in [0.29, 0.717) is 16.9 Å². The van der Waals surface area contributed by atoms with Gasteiger partial charge in [0, 0.05) is 9.37 Å². The van der Waals surface area contributed by atoms with Crippen molar-refractivity contribution in [1.29, 1.82) is 0 Å². The normalized spacial score (nSPS) is 15.2. The summed E-state index contributed by atoms with van der Waals surface area (Å²) in [6, 6.07) is 10.3. The van der Waals surface area contributed by atoms with E-state index in [1.165, 1.54) is 23.9 Å². The van der Waals surface area contributed by atoms with Crippen LogP contribution in [0.3, 0.4) is 0 Å². The van der Waals surface area contributed by atoms with Gasteiger partial charge in [-0.25, -0.2) is 0 Å². The predicted octanol–water partition coefficient (Wildman–Crippen LogP) is 4.54. The zero-order chi connectivity index (χ0) is 20.2. The zero-order valence-electron chi connectivity index (χ0n) is 17.5. The van der Waals surface area contributed by atoms with Gasteiger partial charge in [-0.3, -0.25) is 0 Å². The Kier molecular flexibility index (Phi) is 4.91. The highest BCUT2D eigenvalue weighted by molar-refractivity contribution is 9.10. The number of hydrogen-bond acceptors (Lipinski definition) is 4. The van der Waals surface area contributed by atoms with Crippen molar-refractivity contribution < 1.29 is 17.7 Å². The van der Waals surface area contributed by atoms with Crippen molar-refractivity contribution in [2.75, 3.05) is 20.6 Å². The van der Waals surface area contributed by atoms with E-state index in [9.17, 15) is 0 Å². The minimum Gasteiger partial charge on any atom is -0.496 e. The van der Waals surface area contributed by atoms with Gasteiger partial charge in [-0.05, 0) is 54.9 Å². The number of hydrogen-bond donors (Lipinski definition) is 1. The van der Waals surface area contributed by atoms with E-state index in [4.69, 9.17) is 23.4 Å². The lowest BCUT2D eigenvalue weighted by Crippen LogP contribution is -2.05. The van der Waals surface area contributed by atoms with Gasteiger partial charge in [0.1, 0.15) is 11.5 Å². The molecule has 0 aliphatic rings. The second-order valence-electron chi connectivity index (χ2n) is 4.21. The number of benzene rings is 2. The average molecular weight is 411 g/mol. The summed E-state index contributed by atoms with van der Waals surface area (Å²) in [5.41, 5.74) is 6.05. The molecular formula is C16H19BrClNO2S. The quantitative estimate of drug-likeness (QED) is 0.759. The molecule has 2 aromatic carbocycles. The first-order valence-electron chi connectivity index (χ1n) is 9.15. The second-order valence-corrected chi connectivity index (χ2v) is 6.24. The molecule has 0 atom stereocenters. The van der Waals surface area contributed by atoms with E-state index >= 15 is 0 Å². The Hall–Kier alpha value is -0.880. The van der Waals surface area contributed by atoms with Crippen LogP contribution < -0.4 is 15.2 Å². The van der Waals surface area contributed by atoms with E-state index in [-0.39, 0.29) is 30.5 Å². The maximum Gasteiger partial charge on any atom is 0.133 e. The van der Waals surface area contributed by atoms with Crippen LogP contribution in [-0.2, 0) is 6.42 Å². The standard InChI is InChI=1S/C16H18BrNO2S.ClH/c1-19-14-10-16(15(20-2)9-11(14)7-8-18)21-13-5-3-12(17)4-6-13;/h3-6,9-10H,7-8,18H2,1-2H3;1H/i1D3,2D3;. The highest BCUT2D eigenvalue weighted by Gasteiger charge is 2.12. The summed E-state index contributed by atoms with van der Waals surface area (Å²) >= 11 is 4.59. The van der Waals surface area contributed by atoms with Crippen molar-refractivity contribution in [3.8, 4) is 11.5 Å². The summed E-state index contributed by atoms with van der Waals surface area (Å²) in [4.78, 5) is 1.24. The van der Waals surface area contributed by atoms with Gasteiger partial charge >= 0.3 is 0 Å². The molecule has 0 radical (unpaired) electrons. The third-order valence-corrected chi connectivity index (χ3v) is 4.38. The molecule has 0 aromatic heterocycles. The van der Waals surface area contributed by atoms with Crippen molar-refractivity contribution in [3.63, 3.8) is 0 Å². The van der Waals surface area contributed by atoms with Crippen LogP contribution in [0, 0.1) is 0 Å². The Labute approximate surface area is 158 Å². The fraction of sp³-hybridized carbons (Fsp3) is 0.250. The Morgan fingerprint density at radius 2 is 1.82 bits per heavy atom. The Bertz CT molecular complexity index is 786. The monoisotopic (exact) mass is 409 g/mol. The lowest BCUT2D eigenvalue weighted by Gasteiger charge is -2.14. The van der Waals surface area contributed by atoms with Crippen LogP contribution in [0.2, 0.25) is 0 Å². The highest BCUT2D eigenvalue weighted by atomic mass is 79.9. The van der Waals surface area contributed by atoms with E-state index in [1.54, 1.807) is 0 Å². The Balaban J connectivity index is 0.00000392. The minimum atomic E-state index is -2.65. The topological polar surface area (TPSA) is 44.5 Å². The molecule has 0 unspecified atom stereocenters. The first kappa shape index (κ1) is 11.6. The van der Waals surface area contributed by atoms with Crippen LogP contribution in [0.1, 0.15) is 13.8 Å². The van der Waals surface area contributed by atoms with Crippen LogP contribution in [0.25, 0.3) is 0 Å². The molecule has 0 amide bonds. The van der Waals surface area contributed by atoms with Crippen molar-refractivity contribution in [3.05, 3.63) is 46.4 Å². The molecule has 2 N–H and O–H groups in total. The SMILES string of the molecule is Cl.[2H]C([2H])([2H])Oc1cc(Sc2ccc(Br)cc2)c(OC([2H])([2H])[2H])cc1CCN. The van der Waals surface area contributed by atoms with Gasteiger partial charge in [-0.1, -0.05) is 27.7 Å². The number of methoxy groups -OCH3 is 2. The maximum atomic E-state index is 7.39. The Morgan fingerprint density at radius 3 is 2.45 bits per heavy atom. The molecule has 3 nitrogen and oxygen atoms in total. The summed E-state index contributed by atoms with van der Waals surface area (Å²) in [7, 11) is -5.29. The lowest BCUT2D eigenvalue weighted by atomic mass is 10.1. The molecule has 0 saturated carbocycles. The average Bonchev–Trinajstić information content (AvgIpc) is 2.51. The molecule has 0 spiro atoms. The maximum absolute atomic E-state index is 7.39. The molecule has 22 heavy (non-hydrogen) atoms. The van der Waals surface area contributed by atoms with Gasteiger partial charge in [0.05, 0.1) is 27.2 Å². The first-order valence-corrected chi connectivity index (χ1v) is 7.76. The van der Waals surface area contributed by atoms with Crippen LogP contribution in [0.5, 0.6) is 11.5 Å². The summed E-state index contributed by atoms with van der Waals surface area (Å²) in [5, 5.41) is 0. The molecule has 0 saturated heterocycles. The molecule has 0 fully saturated rings. The zero-order valence-corrected chi connectivity index (χ0v) is 14.7. The number of nitrogens with two attached hydrogens (primary N) is 1. The summed E-state index contributed by atoms with van der Waals surface area (Å²) in [6.07, 6.45) is 0.312. The lowest BCUT2D eigenvalue weighted by molar-refractivity contribution is 0.390. The van der Waals surface area contributed by atoms with Gasteiger partial charge in [0.2, 0.25) is 0 Å². The molecule has 0 aliphatic heterocycles. The molecule has 0 aliphatic carbocycles. The van der Waals surface area contributed by atoms with E-state index in [1.807, 2.05) is 24.3 Å². The van der Waals surface area contributed by atoms with Gasteiger partial charge in [0.25, 0.3) is 0 Å². The first-order chi connectivity index (χ1) is 12.5. The molecule has 2 rings (SSSR count). The third-order valence-electron chi connectivity index (χ3n) is 2.80. The fourth-order valence-corrected chi connectivity index (χ4v) is 2.98. The van der Waals surface area contributed by atoms with Gasteiger partial charge in [-0.15, -0.1) is 12.4 Å². The Morgan fingerprint density at radius 1 is 1.14 bits per heavy atom. The molecule has 6 heteroatoms. The molecular weight excluding hydrogens is 386 g/mol. The van der Waals surface area contributed by atoms with E-state index in [2.05, 4.69) is 15.9 Å². The molecule has 0 bridgehead atoms. The highest BCUT2D eigenvalue weighted by Crippen LogP contribution is 2.39. The van der Waals surface area contributed by atoms with Gasteiger partial charge in [-0.2, -0.15) is 0 Å². The van der Waals surface area contributed by atoms with Gasteiger partial charge < -0.3 is 15.2 Å². The predicted molar refractivity (Wildman–Crippen MR) is 97.8 cm³/mol. The van der Waals surface area contributed by atoms with Crippen molar-refractivity contribution in [2.45, 2.75) is 16.2 Å². The summed E-state index contributed by atoms with van der Waals surface area (Å²) < 4.78 is 55.4. The van der Waals surface area contributed by atoms with E-state index < -0.39 is 14.1 Å². The van der Waals surface area contributed by atoms with Crippen LogP contribution >= 0.6 is 40.1 Å². The van der Waals surface area contributed by atoms with Gasteiger partial charge in [0.15, 0.2) is 0 Å². The molecule has 2 aromatic rings. The molecule has 0 heterocycles. The van der Waals surface area contributed by atoms with Crippen molar-refractivity contribution in [1.82, 2.24) is 0 Å². The summed E-state index contributed by atoms with van der Waals surface area (Å²) in [5.74, 6) is 0.238. The minimum absolute atomic E-state index is 0. The second kappa shape index (κ2) is 9.30. The van der Waals surface area contributed by atoms with Crippen molar-refractivity contribution >= 4 is 40.1 Å². The summed E-state index contributed by atoms with van der Waals surface area (Å²) in [6.45, 7) is 0.240. The largest absolute Gasteiger partial charge is 0.496 e. The van der Waals surface area contributed by atoms with E-state index in [0.717, 1.165) is 9.37 Å². The van der Waals surface area contributed by atoms with Crippen LogP contribution in [-0.4, -0.2) is 20.6 Å². The fourth-order valence-electron chi connectivity index (χ4n) is 1.82. The van der Waals surface area contributed by atoms with Crippen LogP contribution in [0.4, 0.5) is 0 Å².